The van der Waals surface area contributed by atoms with E-state index in [1.54, 1.807) is 0 Å². The van der Waals surface area contributed by atoms with Gasteiger partial charge in [-0.15, -0.1) is 0 Å². The fourth-order valence-electron chi connectivity index (χ4n) is 3.41. The summed E-state index contributed by atoms with van der Waals surface area (Å²) in [4.78, 5) is 27.7. The summed E-state index contributed by atoms with van der Waals surface area (Å²) in [6.07, 6.45) is 7.98. The van der Waals surface area contributed by atoms with Crippen molar-refractivity contribution in [3.8, 4) is 0 Å². The van der Waals surface area contributed by atoms with Crippen LogP contribution in [0.15, 0.2) is 0 Å². The van der Waals surface area contributed by atoms with E-state index in [1.807, 2.05) is 4.90 Å². The highest BCUT2D eigenvalue weighted by Gasteiger charge is 2.27. The molecule has 0 radical (unpaired) electrons. The van der Waals surface area contributed by atoms with Crippen LogP contribution >= 0.6 is 0 Å². The average Bonchev–Trinajstić information content (AvgIpc) is 2.81. The third-order valence-electron chi connectivity index (χ3n) is 4.74. The number of amides is 1. The summed E-state index contributed by atoms with van der Waals surface area (Å²) >= 11 is 0. The van der Waals surface area contributed by atoms with Crippen LogP contribution in [0, 0.1) is 0 Å². The predicted molar refractivity (Wildman–Crippen MR) is 80.9 cm³/mol. The minimum absolute atomic E-state index is 0.0923. The van der Waals surface area contributed by atoms with E-state index in [0.717, 1.165) is 25.9 Å². The zero-order valence-electron chi connectivity index (χ0n) is 13.2. The number of methoxy groups -OCH3 is 1. The number of ether oxygens (including phenoxy) is 1. The number of hydrogen-bond donors (Lipinski definition) is 0. The van der Waals surface area contributed by atoms with Crippen LogP contribution in [0.1, 0.15) is 51.4 Å². The summed E-state index contributed by atoms with van der Waals surface area (Å²) in [6.45, 7) is 4.12. The Bertz CT molecular complexity index is 343. The average molecular weight is 296 g/mol. The second-order valence-electron chi connectivity index (χ2n) is 6.14. The molecule has 0 unspecified atom stereocenters. The number of esters is 1. The molecular weight excluding hydrogens is 268 g/mol. The van der Waals surface area contributed by atoms with Gasteiger partial charge in [-0.05, 0) is 38.8 Å². The molecule has 0 bridgehead atoms. The quantitative estimate of drug-likeness (QED) is 0.742. The maximum absolute atomic E-state index is 12.1. The Labute approximate surface area is 127 Å². The van der Waals surface area contributed by atoms with Crippen LogP contribution in [0.4, 0.5) is 0 Å². The van der Waals surface area contributed by atoms with Crippen molar-refractivity contribution in [3.05, 3.63) is 0 Å². The third kappa shape index (κ3) is 4.99. The van der Waals surface area contributed by atoms with Crippen molar-refractivity contribution in [1.29, 1.82) is 0 Å². The molecule has 0 aliphatic carbocycles. The first-order valence-corrected chi connectivity index (χ1v) is 8.29. The lowest BCUT2D eigenvalue weighted by Crippen LogP contribution is -2.47. The highest BCUT2D eigenvalue weighted by Crippen LogP contribution is 2.21. The van der Waals surface area contributed by atoms with Gasteiger partial charge in [-0.3, -0.25) is 9.59 Å². The fourth-order valence-corrected chi connectivity index (χ4v) is 3.41. The number of piperidine rings is 1. The van der Waals surface area contributed by atoms with Crippen molar-refractivity contribution in [3.63, 3.8) is 0 Å². The number of likely N-dealkylation sites (tertiary alicyclic amines) is 2. The molecule has 2 heterocycles. The summed E-state index contributed by atoms with van der Waals surface area (Å²) in [5.74, 6) is -0.211. The van der Waals surface area contributed by atoms with Gasteiger partial charge >= 0.3 is 5.97 Å². The summed E-state index contributed by atoms with van der Waals surface area (Å²) < 4.78 is 4.58. The lowest BCUT2D eigenvalue weighted by atomic mass is 10.0. The smallest absolute Gasteiger partial charge is 0.306 e. The Morgan fingerprint density at radius 3 is 2.14 bits per heavy atom. The Morgan fingerprint density at radius 2 is 1.57 bits per heavy atom. The Balaban J connectivity index is 1.72. The summed E-state index contributed by atoms with van der Waals surface area (Å²) in [6, 6.07) is 0.646. The molecule has 120 valence electrons. The van der Waals surface area contributed by atoms with Gasteiger partial charge in [0, 0.05) is 25.6 Å². The van der Waals surface area contributed by atoms with E-state index in [1.165, 1.54) is 45.9 Å². The van der Waals surface area contributed by atoms with Crippen LogP contribution in [0.3, 0.4) is 0 Å². The molecule has 0 aromatic rings. The normalized spacial score (nSPS) is 21.9. The highest BCUT2D eigenvalue weighted by molar-refractivity contribution is 5.81. The van der Waals surface area contributed by atoms with Crippen molar-refractivity contribution >= 4 is 11.9 Å². The van der Waals surface area contributed by atoms with E-state index < -0.39 is 0 Å². The molecule has 0 aromatic heterocycles. The Hall–Kier alpha value is -1.10. The van der Waals surface area contributed by atoms with E-state index in [-0.39, 0.29) is 24.7 Å². The van der Waals surface area contributed by atoms with Crippen molar-refractivity contribution in [2.24, 2.45) is 0 Å². The van der Waals surface area contributed by atoms with Gasteiger partial charge in [0.25, 0.3) is 0 Å². The lowest BCUT2D eigenvalue weighted by Gasteiger charge is -2.38. The SMILES string of the molecule is COC(=O)CCC(=O)N1CCC(N2CCCCCC2)CC1. The first-order valence-electron chi connectivity index (χ1n) is 8.29. The molecule has 21 heavy (non-hydrogen) atoms. The molecule has 0 spiro atoms. The van der Waals surface area contributed by atoms with Gasteiger partial charge in [0.15, 0.2) is 0 Å². The predicted octanol–water partition coefficient (Wildman–Crippen LogP) is 1.81. The number of rotatable bonds is 4. The zero-order valence-corrected chi connectivity index (χ0v) is 13.2. The molecule has 2 rings (SSSR count). The van der Waals surface area contributed by atoms with Gasteiger partial charge < -0.3 is 14.5 Å². The molecule has 1 amide bonds. The van der Waals surface area contributed by atoms with Gasteiger partial charge in [-0.1, -0.05) is 12.8 Å². The molecule has 2 aliphatic heterocycles. The van der Waals surface area contributed by atoms with Crippen molar-refractivity contribution in [2.75, 3.05) is 33.3 Å². The fraction of sp³-hybridized carbons (Fsp3) is 0.875. The topological polar surface area (TPSA) is 49.9 Å². The zero-order chi connectivity index (χ0) is 15.1. The third-order valence-corrected chi connectivity index (χ3v) is 4.74. The van der Waals surface area contributed by atoms with Crippen LogP contribution in [0.5, 0.6) is 0 Å². The second-order valence-corrected chi connectivity index (χ2v) is 6.14. The maximum Gasteiger partial charge on any atom is 0.306 e. The number of hydrogen-bond acceptors (Lipinski definition) is 4. The molecule has 5 heteroatoms. The number of nitrogens with zero attached hydrogens (tertiary/aromatic N) is 2. The van der Waals surface area contributed by atoms with Crippen molar-refractivity contribution in [1.82, 2.24) is 9.80 Å². The monoisotopic (exact) mass is 296 g/mol. The second kappa shape index (κ2) is 8.37. The van der Waals surface area contributed by atoms with E-state index in [0.29, 0.717) is 6.04 Å². The largest absolute Gasteiger partial charge is 0.469 e. The molecule has 0 atom stereocenters. The van der Waals surface area contributed by atoms with Gasteiger partial charge in [0.2, 0.25) is 5.91 Å². The van der Waals surface area contributed by atoms with Crippen LogP contribution in [0.2, 0.25) is 0 Å². The van der Waals surface area contributed by atoms with E-state index in [2.05, 4.69) is 9.64 Å². The van der Waals surface area contributed by atoms with E-state index >= 15 is 0 Å². The van der Waals surface area contributed by atoms with E-state index in [9.17, 15) is 9.59 Å². The standard InChI is InChI=1S/C16H28N2O3/c1-21-16(20)7-6-15(19)18-12-8-14(9-13-18)17-10-4-2-3-5-11-17/h14H,2-13H2,1H3. The minimum atomic E-state index is -0.303. The van der Waals surface area contributed by atoms with Crippen molar-refractivity contribution in [2.45, 2.75) is 57.4 Å². The Kier molecular flexibility index (Phi) is 6.49. The lowest BCUT2D eigenvalue weighted by molar-refractivity contribution is -0.144. The van der Waals surface area contributed by atoms with Crippen LogP contribution in [-0.4, -0.2) is 61.0 Å². The number of carbonyl (C=O) groups is 2. The van der Waals surface area contributed by atoms with Crippen molar-refractivity contribution < 1.29 is 14.3 Å². The molecule has 0 saturated carbocycles. The molecular formula is C16H28N2O3. The first kappa shape index (κ1) is 16.3. The molecule has 2 saturated heterocycles. The molecule has 2 fully saturated rings. The van der Waals surface area contributed by atoms with Gasteiger partial charge in [-0.25, -0.2) is 0 Å². The van der Waals surface area contributed by atoms with Gasteiger partial charge in [-0.2, -0.15) is 0 Å². The van der Waals surface area contributed by atoms with Crippen LogP contribution in [0.25, 0.3) is 0 Å². The van der Waals surface area contributed by atoms with Gasteiger partial charge in [0.05, 0.1) is 13.5 Å². The van der Waals surface area contributed by atoms with Crippen LogP contribution < -0.4 is 0 Å². The summed E-state index contributed by atoms with van der Waals surface area (Å²) in [7, 11) is 1.36. The maximum atomic E-state index is 12.1. The molecule has 2 aliphatic rings. The molecule has 0 N–H and O–H groups in total. The molecule has 0 aromatic carbocycles. The first-order chi connectivity index (χ1) is 10.2. The molecule has 5 nitrogen and oxygen atoms in total. The van der Waals surface area contributed by atoms with E-state index in [4.69, 9.17) is 0 Å². The summed E-state index contributed by atoms with van der Waals surface area (Å²) in [5.41, 5.74) is 0. The Morgan fingerprint density at radius 1 is 0.952 bits per heavy atom. The highest BCUT2D eigenvalue weighted by atomic mass is 16.5. The van der Waals surface area contributed by atoms with Crippen LogP contribution in [-0.2, 0) is 14.3 Å². The van der Waals surface area contributed by atoms with Gasteiger partial charge in [0.1, 0.15) is 0 Å². The summed E-state index contributed by atoms with van der Waals surface area (Å²) in [5, 5.41) is 0. The number of carbonyl (C=O) groups excluding carboxylic acids is 2. The minimum Gasteiger partial charge on any atom is -0.469 e.